The van der Waals surface area contributed by atoms with Gasteiger partial charge in [-0.25, -0.2) is 0 Å². The highest BCUT2D eigenvalue weighted by Crippen LogP contribution is 2.32. The van der Waals surface area contributed by atoms with Gasteiger partial charge in [-0.2, -0.15) is 5.26 Å². The number of halogens is 1. The summed E-state index contributed by atoms with van der Waals surface area (Å²) in [5.41, 5.74) is 2.15. The number of nitrogens with zero attached hydrogens (tertiary/aromatic N) is 5. The summed E-state index contributed by atoms with van der Waals surface area (Å²) >= 11 is 8.84. The maximum Gasteiger partial charge on any atom is 0.210 e. The minimum atomic E-state index is 0.283. The Labute approximate surface area is 145 Å². The first-order valence-electron chi connectivity index (χ1n) is 6.42. The average Bonchev–Trinajstić information content (AvgIpc) is 2.99. The predicted molar refractivity (Wildman–Crippen MR) is 90.3 cm³/mol. The van der Waals surface area contributed by atoms with Gasteiger partial charge in [-0.05, 0) is 48.5 Å². The standard InChI is InChI=1S/C14H9ClN6S2/c1-8-2-3-9(6-11(8)15)17-13-20-21-14(23-13)22-12-5-4-10(7-16)18-19-12/h2-6H,1H3,(H,17,20). The number of nitriles is 1. The van der Waals surface area contributed by atoms with Crippen LogP contribution in [0.1, 0.15) is 11.3 Å². The van der Waals surface area contributed by atoms with E-state index >= 15 is 0 Å². The van der Waals surface area contributed by atoms with E-state index in [0.717, 1.165) is 15.6 Å². The molecule has 0 atom stereocenters. The Bertz CT molecular complexity index is 872. The first kappa shape index (κ1) is 15.7. The highest BCUT2D eigenvalue weighted by atomic mass is 35.5. The van der Waals surface area contributed by atoms with Crippen LogP contribution in [0.15, 0.2) is 39.7 Å². The minimum absolute atomic E-state index is 0.283. The molecule has 2 aromatic heterocycles. The summed E-state index contributed by atoms with van der Waals surface area (Å²) in [7, 11) is 0. The fourth-order valence-electron chi connectivity index (χ4n) is 1.62. The van der Waals surface area contributed by atoms with Gasteiger partial charge < -0.3 is 5.32 Å². The molecule has 0 radical (unpaired) electrons. The first-order valence-corrected chi connectivity index (χ1v) is 8.43. The van der Waals surface area contributed by atoms with Crippen molar-refractivity contribution in [2.24, 2.45) is 0 Å². The van der Waals surface area contributed by atoms with Gasteiger partial charge in [-0.1, -0.05) is 29.0 Å². The van der Waals surface area contributed by atoms with E-state index in [2.05, 4.69) is 25.7 Å². The fraction of sp³-hybridized carbons (Fsp3) is 0.0714. The maximum absolute atomic E-state index is 8.70. The zero-order chi connectivity index (χ0) is 16.2. The van der Waals surface area contributed by atoms with E-state index in [0.29, 0.717) is 15.2 Å². The molecule has 0 amide bonds. The van der Waals surface area contributed by atoms with Gasteiger partial charge >= 0.3 is 0 Å². The van der Waals surface area contributed by atoms with Gasteiger partial charge in [-0.15, -0.1) is 20.4 Å². The van der Waals surface area contributed by atoms with Crippen molar-refractivity contribution in [2.45, 2.75) is 16.3 Å². The fourth-order valence-corrected chi connectivity index (χ4v) is 3.44. The number of hydrogen-bond acceptors (Lipinski definition) is 8. The summed E-state index contributed by atoms with van der Waals surface area (Å²) in [6.45, 7) is 1.95. The molecule has 23 heavy (non-hydrogen) atoms. The van der Waals surface area contributed by atoms with Crippen molar-refractivity contribution in [2.75, 3.05) is 5.32 Å². The zero-order valence-corrected chi connectivity index (χ0v) is 14.2. The number of hydrogen-bond donors (Lipinski definition) is 1. The molecule has 9 heteroatoms. The molecule has 3 rings (SSSR count). The lowest BCUT2D eigenvalue weighted by molar-refractivity contribution is 0.912. The van der Waals surface area contributed by atoms with Crippen molar-refractivity contribution in [1.29, 1.82) is 5.26 Å². The molecule has 0 aliphatic rings. The van der Waals surface area contributed by atoms with E-state index in [1.165, 1.54) is 23.1 Å². The SMILES string of the molecule is Cc1ccc(Nc2nnc(Sc3ccc(C#N)nn3)s2)cc1Cl. The summed E-state index contributed by atoms with van der Waals surface area (Å²) in [5, 5.41) is 29.8. The zero-order valence-electron chi connectivity index (χ0n) is 11.8. The van der Waals surface area contributed by atoms with E-state index in [9.17, 15) is 0 Å². The van der Waals surface area contributed by atoms with Gasteiger partial charge in [-0.3, -0.25) is 0 Å². The molecule has 0 aliphatic carbocycles. The Morgan fingerprint density at radius 1 is 1.17 bits per heavy atom. The number of nitrogens with one attached hydrogen (secondary N) is 1. The van der Waals surface area contributed by atoms with E-state index in [1.54, 1.807) is 12.1 Å². The smallest absolute Gasteiger partial charge is 0.210 e. The molecule has 0 aliphatic heterocycles. The monoisotopic (exact) mass is 360 g/mol. The highest BCUT2D eigenvalue weighted by molar-refractivity contribution is 8.01. The molecule has 0 saturated heterocycles. The van der Waals surface area contributed by atoms with Gasteiger partial charge in [0.25, 0.3) is 0 Å². The Balaban J connectivity index is 1.69. The molecule has 0 spiro atoms. The van der Waals surface area contributed by atoms with Crippen LogP contribution in [0.25, 0.3) is 0 Å². The van der Waals surface area contributed by atoms with Gasteiger partial charge in [0.05, 0.1) is 0 Å². The minimum Gasteiger partial charge on any atom is -0.330 e. The lowest BCUT2D eigenvalue weighted by Gasteiger charge is -2.03. The third kappa shape index (κ3) is 3.96. The number of rotatable bonds is 4. The second kappa shape index (κ2) is 6.91. The molecule has 3 aromatic rings. The predicted octanol–water partition coefficient (Wildman–Crippen LogP) is 4.06. The van der Waals surface area contributed by atoms with E-state index in [-0.39, 0.29) is 5.69 Å². The molecule has 0 unspecified atom stereocenters. The quantitative estimate of drug-likeness (QED) is 0.750. The van der Waals surface area contributed by atoms with Crippen LogP contribution in [0, 0.1) is 18.3 Å². The summed E-state index contributed by atoms with van der Waals surface area (Å²) in [6, 6.07) is 11.0. The topological polar surface area (TPSA) is 87.4 Å². The van der Waals surface area contributed by atoms with Gasteiger partial charge in [0, 0.05) is 10.7 Å². The van der Waals surface area contributed by atoms with E-state index in [4.69, 9.17) is 16.9 Å². The normalized spacial score (nSPS) is 10.3. The molecular formula is C14H9ClN6S2. The average molecular weight is 361 g/mol. The Morgan fingerprint density at radius 3 is 2.74 bits per heavy atom. The second-order valence-corrected chi connectivity index (χ2v) is 7.09. The first-order chi connectivity index (χ1) is 11.1. The number of anilines is 2. The van der Waals surface area contributed by atoms with Crippen LogP contribution in [-0.2, 0) is 0 Å². The Morgan fingerprint density at radius 2 is 2.04 bits per heavy atom. The molecule has 6 nitrogen and oxygen atoms in total. The van der Waals surface area contributed by atoms with Crippen LogP contribution in [-0.4, -0.2) is 20.4 Å². The molecule has 0 bridgehead atoms. The van der Waals surface area contributed by atoms with Crippen molar-refractivity contribution < 1.29 is 0 Å². The third-order valence-electron chi connectivity index (χ3n) is 2.78. The second-order valence-electron chi connectivity index (χ2n) is 4.43. The van der Waals surface area contributed by atoms with Crippen molar-refractivity contribution in [3.05, 3.63) is 46.6 Å². The number of aryl methyl sites for hydroxylation is 1. The van der Waals surface area contributed by atoms with Gasteiger partial charge in [0.1, 0.15) is 11.1 Å². The third-order valence-corrected chi connectivity index (χ3v) is 5.00. The van der Waals surface area contributed by atoms with Crippen LogP contribution >= 0.6 is 34.7 Å². The molecule has 1 aromatic carbocycles. The summed E-state index contributed by atoms with van der Waals surface area (Å²) in [4.78, 5) is 0. The Kier molecular flexibility index (Phi) is 4.71. The molecule has 2 heterocycles. The lowest BCUT2D eigenvalue weighted by atomic mass is 10.2. The van der Waals surface area contributed by atoms with Crippen LogP contribution < -0.4 is 5.32 Å². The van der Waals surface area contributed by atoms with Gasteiger partial charge in [0.15, 0.2) is 10.0 Å². The number of benzene rings is 1. The van der Waals surface area contributed by atoms with Crippen molar-refractivity contribution in [1.82, 2.24) is 20.4 Å². The Hall–Kier alpha value is -2.21. The molecule has 0 fully saturated rings. The van der Waals surface area contributed by atoms with Crippen molar-refractivity contribution >= 4 is 45.5 Å². The van der Waals surface area contributed by atoms with Crippen LogP contribution in [0.5, 0.6) is 0 Å². The van der Waals surface area contributed by atoms with Crippen molar-refractivity contribution in [3.63, 3.8) is 0 Å². The van der Waals surface area contributed by atoms with Crippen LogP contribution in [0.2, 0.25) is 5.02 Å². The van der Waals surface area contributed by atoms with Crippen LogP contribution in [0.3, 0.4) is 0 Å². The largest absolute Gasteiger partial charge is 0.330 e. The van der Waals surface area contributed by atoms with E-state index < -0.39 is 0 Å². The summed E-state index contributed by atoms with van der Waals surface area (Å²) in [5.74, 6) is 0. The van der Waals surface area contributed by atoms with Crippen LogP contribution in [0.4, 0.5) is 10.8 Å². The summed E-state index contributed by atoms with van der Waals surface area (Å²) < 4.78 is 0.727. The van der Waals surface area contributed by atoms with E-state index in [1.807, 2.05) is 31.2 Å². The molecule has 1 N–H and O–H groups in total. The molecule has 114 valence electrons. The molecule has 0 saturated carbocycles. The van der Waals surface area contributed by atoms with Gasteiger partial charge in [0.2, 0.25) is 5.13 Å². The van der Waals surface area contributed by atoms with Crippen molar-refractivity contribution in [3.8, 4) is 6.07 Å². The lowest BCUT2D eigenvalue weighted by Crippen LogP contribution is -1.89. The highest BCUT2D eigenvalue weighted by Gasteiger charge is 2.08. The summed E-state index contributed by atoms with van der Waals surface area (Å²) in [6.07, 6.45) is 0. The number of aromatic nitrogens is 4. The maximum atomic E-state index is 8.70. The molecular weight excluding hydrogens is 352 g/mol.